The van der Waals surface area contributed by atoms with Crippen LogP contribution < -0.4 is 0 Å². The summed E-state index contributed by atoms with van der Waals surface area (Å²) in [4.78, 5) is 3.95. The van der Waals surface area contributed by atoms with Crippen molar-refractivity contribution in [2.45, 2.75) is 35.1 Å². The molecule has 1 aromatic heterocycles. The number of aromatic nitrogens is 1. The molecule has 0 saturated heterocycles. The molecule has 2 heteroatoms. The van der Waals surface area contributed by atoms with Gasteiger partial charge in [0.15, 0.2) is 12.0 Å². The number of para-hydroxylation sites is 2. The van der Waals surface area contributed by atoms with E-state index in [1.165, 1.54) is 6.39 Å². The fraction of sp³-hybridized carbons (Fsp3) is 0.462. The second-order valence-corrected chi connectivity index (χ2v) is 4.82. The van der Waals surface area contributed by atoms with Crippen molar-refractivity contribution in [2.24, 2.45) is 5.41 Å². The lowest BCUT2D eigenvalue weighted by Gasteiger charge is -2.05. The van der Waals surface area contributed by atoms with Gasteiger partial charge in [-0.25, -0.2) is 4.98 Å². The molecule has 0 unspecified atom stereocenters. The fourth-order valence-electron chi connectivity index (χ4n) is 0.803. The average molecular weight is 207 g/mol. The van der Waals surface area contributed by atoms with Gasteiger partial charge in [-0.05, 0) is 17.5 Å². The van der Waals surface area contributed by atoms with Crippen molar-refractivity contribution >= 4 is 11.1 Å². The lowest BCUT2D eigenvalue weighted by atomic mass is 10.0. The lowest BCUT2D eigenvalue weighted by Crippen LogP contribution is -1.93. The summed E-state index contributed by atoms with van der Waals surface area (Å²) in [6.45, 7) is 8.75. The van der Waals surface area contributed by atoms with Crippen LogP contribution in [0.5, 0.6) is 0 Å². The van der Waals surface area contributed by atoms with Crippen molar-refractivity contribution in [1.29, 1.82) is 0 Å². The maximum atomic E-state index is 5.01. The summed E-state index contributed by atoms with van der Waals surface area (Å²) >= 11 is 0. The molecular weight excluding hydrogens is 186 g/mol. The normalized spacial score (nSPS) is 10.1. The summed E-state index contributed by atoms with van der Waals surface area (Å²) in [6, 6.07) is 7.67. The monoisotopic (exact) mass is 207 g/mol. The van der Waals surface area contributed by atoms with E-state index >= 15 is 0 Å². The van der Waals surface area contributed by atoms with E-state index in [2.05, 4.69) is 32.7 Å². The van der Waals surface area contributed by atoms with Crippen molar-refractivity contribution in [1.82, 2.24) is 4.98 Å². The van der Waals surface area contributed by atoms with Gasteiger partial charge in [-0.2, -0.15) is 0 Å². The molecule has 2 rings (SSSR count). The minimum absolute atomic E-state index is 0. The van der Waals surface area contributed by atoms with E-state index < -0.39 is 0 Å². The van der Waals surface area contributed by atoms with Gasteiger partial charge in [-0.15, -0.1) is 0 Å². The molecule has 0 saturated carbocycles. The summed E-state index contributed by atoms with van der Waals surface area (Å²) in [5.74, 6) is 0. The standard InChI is InChI=1S/C7H5NO.C5H12.CH4/c1-2-4-7-6(3-1)8-5-9-7;1-5(2,3)4;/h1-5H;1-4H3;1H4. The molecule has 0 atom stereocenters. The highest BCUT2D eigenvalue weighted by Crippen LogP contribution is 2.09. The van der Waals surface area contributed by atoms with Gasteiger partial charge < -0.3 is 4.42 Å². The molecule has 0 bridgehead atoms. The molecule has 2 aromatic rings. The number of nitrogens with zero attached hydrogens (tertiary/aromatic N) is 1. The number of hydrogen-bond acceptors (Lipinski definition) is 2. The minimum Gasteiger partial charge on any atom is -0.443 e. The summed E-state index contributed by atoms with van der Waals surface area (Å²) in [7, 11) is 0. The maximum absolute atomic E-state index is 5.01. The second-order valence-electron chi connectivity index (χ2n) is 4.82. The smallest absolute Gasteiger partial charge is 0.181 e. The Hall–Kier alpha value is -1.31. The van der Waals surface area contributed by atoms with Gasteiger partial charge in [-0.1, -0.05) is 47.3 Å². The van der Waals surface area contributed by atoms with Crippen LogP contribution in [0.15, 0.2) is 35.1 Å². The molecule has 0 radical (unpaired) electrons. The third-order valence-corrected chi connectivity index (χ3v) is 1.24. The van der Waals surface area contributed by atoms with Crippen molar-refractivity contribution < 1.29 is 4.42 Å². The second kappa shape index (κ2) is 5.54. The third-order valence-electron chi connectivity index (χ3n) is 1.24. The molecule has 84 valence electrons. The van der Waals surface area contributed by atoms with Crippen LogP contribution in [0.2, 0.25) is 0 Å². The van der Waals surface area contributed by atoms with Gasteiger partial charge in [0.2, 0.25) is 0 Å². The topological polar surface area (TPSA) is 26.0 Å². The number of hydrogen-bond donors (Lipinski definition) is 0. The molecule has 1 aromatic carbocycles. The van der Waals surface area contributed by atoms with Gasteiger partial charge in [0.1, 0.15) is 5.52 Å². The molecule has 0 aliphatic carbocycles. The van der Waals surface area contributed by atoms with E-state index in [1.54, 1.807) is 0 Å². The van der Waals surface area contributed by atoms with Crippen LogP contribution in [0.1, 0.15) is 35.1 Å². The van der Waals surface area contributed by atoms with Gasteiger partial charge in [0.05, 0.1) is 0 Å². The predicted molar refractivity (Wildman–Crippen MR) is 65.9 cm³/mol. The first kappa shape index (κ1) is 13.7. The van der Waals surface area contributed by atoms with E-state index in [0.717, 1.165) is 11.1 Å². The fourth-order valence-corrected chi connectivity index (χ4v) is 0.803. The van der Waals surface area contributed by atoms with Crippen LogP contribution >= 0.6 is 0 Å². The summed E-state index contributed by atoms with van der Waals surface area (Å²) < 4.78 is 5.01. The molecule has 0 fully saturated rings. The van der Waals surface area contributed by atoms with Crippen LogP contribution in [-0.2, 0) is 0 Å². The third kappa shape index (κ3) is 5.89. The lowest BCUT2D eigenvalue weighted by molar-refractivity contribution is 0.469. The Morgan fingerprint density at radius 1 is 1.07 bits per heavy atom. The summed E-state index contributed by atoms with van der Waals surface area (Å²) in [5.41, 5.74) is 2.26. The zero-order valence-corrected chi connectivity index (χ0v) is 9.24. The number of rotatable bonds is 0. The Morgan fingerprint density at radius 3 is 2.13 bits per heavy atom. The van der Waals surface area contributed by atoms with Crippen LogP contribution in [0.3, 0.4) is 0 Å². The van der Waals surface area contributed by atoms with Gasteiger partial charge in [0.25, 0.3) is 0 Å². The van der Waals surface area contributed by atoms with E-state index in [-0.39, 0.29) is 7.43 Å². The first-order chi connectivity index (χ1) is 6.47. The molecule has 0 N–H and O–H groups in total. The summed E-state index contributed by atoms with van der Waals surface area (Å²) in [6.07, 6.45) is 1.45. The Morgan fingerprint density at radius 2 is 1.60 bits per heavy atom. The quantitative estimate of drug-likeness (QED) is 0.635. The van der Waals surface area contributed by atoms with Crippen molar-refractivity contribution in [2.75, 3.05) is 0 Å². The first-order valence-corrected chi connectivity index (χ1v) is 4.75. The molecular formula is C13H21NO. The van der Waals surface area contributed by atoms with Crippen LogP contribution in [0, 0.1) is 5.41 Å². The van der Waals surface area contributed by atoms with Crippen molar-refractivity contribution in [3.05, 3.63) is 30.7 Å². The molecule has 2 nitrogen and oxygen atoms in total. The molecule has 15 heavy (non-hydrogen) atoms. The zero-order chi connectivity index (χ0) is 10.6. The zero-order valence-electron chi connectivity index (χ0n) is 9.24. The molecule has 0 spiro atoms. The van der Waals surface area contributed by atoms with E-state index in [9.17, 15) is 0 Å². The molecule has 0 aliphatic rings. The van der Waals surface area contributed by atoms with Gasteiger partial charge in [-0.3, -0.25) is 0 Å². The molecule has 0 amide bonds. The number of oxazole rings is 1. The predicted octanol–water partition coefficient (Wildman–Crippen LogP) is 4.52. The Balaban J connectivity index is 0.000000289. The highest BCUT2D eigenvalue weighted by molar-refractivity contribution is 5.71. The number of fused-ring (bicyclic) bond motifs is 1. The average Bonchev–Trinajstić information content (AvgIpc) is 2.47. The Labute approximate surface area is 92.3 Å². The minimum atomic E-state index is 0. The highest BCUT2D eigenvalue weighted by atomic mass is 16.3. The van der Waals surface area contributed by atoms with E-state index in [0.29, 0.717) is 5.41 Å². The Kier molecular flexibility index (Phi) is 5.06. The van der Waals surface area contributed by atoms with Crippen molar-refractivity contribution in [3.8, 4) is 0 Å². The van der Waals surface area contributed by atoms with Crippen molar-refractivity contribution in [3.63, 3.8) is 0 Å². The van der Waals surface area contributed by atoms with Gasteiger partial charge in [0, 0.05) is 0 Å². The van der Waals surface area contributed by atoms with E-state index in [1.807, 2.05) is 24.3 Å². The SMILES string of the molecule is C.CC(C)(C)C.c1ccc2ocnc2c1. The maximum Gasteiger partial charge on any atom is 0.181 e. The van der Waals surface area contributed by atoms with Crippen LogP contribution in [0.25, 0.3) is 11.1 Å². The molecule has 0 aliphatic heterocycles. The molecule has 1 heterocycles. The van der Waals surface area contributed by atoms with E-state index in [4.69, 9.17) is 4.42 Å². The largest absolute Gasteiger partial charge is 0.443 e. The number of benzene rings is 1. The highest BCUT2D eigenvalue weighted by Gasteiger charge is 1.95. The van der Waals surface area contributed by atoms with Crippen LogP contribution in [-0.4, -0.2) is 4.98 Å². The Bertz CT molecular complexity index is 348. The summed E-state index contributed by atoms with van der Waals surface area (Å²) in [5, 5.41) is 0. The van der Waals surface area contributed by atoms with Crippen LogP contribution in [0.4, 0.5) is 0 Å². The van der Waals surface area contributed by atoms with Gasteiger partial charge >= 0.3 is 0 Å². The first-order valence-electron chi connectivity index (χ1n) is 4.75.